The van der Waals surface area contributed by atoms with E-state index < -0.39 is 5.91 Å². The summed E-state index contributed by atoms with van der Waals surface area (Å²) in [6, 6.07) is 6.70. The molecule has 1 aromatic rings. The molecule has 1 aromatic carbocycles. The van der Waals surface area contributed by atoms with Crippen molar-refractivity contribution in [2.24, 2.45) is 5.73 Å². The monoisotopic (exact) mass is 233 g/mol. The molecule has 2 rings (SSSR count). The molecular formula is C11H11N3O3. The zero-order chi connectivity index (χ0) is 12.8. The third kappa shape index (κ3) is 3.78. The average Bonchev–Trinajstić information content (AvgIpc) is 2.63. The van der Waals surface area contributed by atoms with Crippen molar-refractivity contribution in [3.8, 4) is 0 Å². The molecule has 6 heteroatoms. The van der Waals surface area contributed by atoms with Gasteiger partial charge in [-0.3, -0.25) is 19.7 Å². The van der Waals surface area contributed by atoms with Crippen LogP contribution < -0.4 is 16.8 Å². The zero-order valence-electron chi connectivity index (χ0n) is 8.84. The van der Waals surface area contributed by atoms with Crippen molar-refractivity contribution < 1.29 is 14.4 Å². The minimum Gasteiger partial charge on any atom is -0.398 e. The van der Waals surface area contributed by atoms with Crippen molar-refractivity contribution in [3.63, 3.8) is 0 Å². The number of nitrogens with one attached hydrogen (secondary N) is 1. The van der Waals surface area contributed by atoms with Crippen LogP contribution in [-0.4, -0.2) is 17.7 Å². The maximum absolute atomic E-state index is 10.6. The molecule has 17 heavy (non-hydrogen) atoms. The number of anilines is 1. The van der Waals surface area contributed by atoms with Gasteiger partial charge < -0.3 is 11.5 Å². The van der Waals surface area contributed by atoms with E-state index in [1.807, 2.05) is 5.32 Å². The quantitative estimate of drug-likeness (QED) is 0.450. The second-order valence-corrected chi connectivity index (χ2v) is 3.14. The topological polar surface area (TPSA) is 115 Å². The van der Waals surface area contributed by atoms with E-state index in [2.05, 4.69) is 0 Å². The van der Waals surface area contributed by atoms with Crippen molar-refractivity contribution in [1.29, 1.82) is 0 Å². The summed E-state index contributed by atoms with van der Waals surface area (Å²) < 4.78 is 0. The van der Waals surface area contributed by atoms with Crippen LogP contribution in [-0.2, 0) is 9.59 Å². The minimum absolute atomic E-state index is 0.329. The van der Waals surface area contributed by atoms with Gasteiger partial charge in [0.25, 0.3) is 17.7 Å². The Labute approximate surface area is 97.3 Å². The molecule has 0 bridgehead atoms. The summed E-state index contributed by atoms with van der Waals surface area (Å²) in [5.74, 6) is -1.15. The van der Waals surface area contributed by atoms with Gasteiger partial charge in [-0.15, -0.1) is 0 Å². The standard InChI is InChI=1S/C7H8N2O.C4H3NO2/c8-6-4-2-1-3-5(6)7(9)10;6-3-1-2-4(7)5-3/h1-4H,8H2,(H2,9,10);1-2H,(H,5,6,7). The first-order chi connectivity index (χ1) is 8.00. The van der Waals surface area contributed by atoms with Gasteiger partial charge in [0, 0.05) is 17.8 Å². The van der Waals surface area contributed by atoms with Crippen LogP contribution in [0.25, 0.3) is 0 Å². The number of primary amides is 1. The molecule has 0 aliphatic carbocycles. The Morgan fingerprint density at radius 1 is 1.06 bits per heavy atom. The van der Waals surface area contributed by atoms with Crippen LogP contribution in [0.2, 0.25) is 0 Å². The maximum Gasteiger partial charge on any atom is 0.250 e. The number of imide groups is 1. The molecule has 5 N–H and O–H groups in total. The number of amides is 3. The number of nitrogen functional groups attached to an aromatic ring is 1. The van der Waals surface area contributed by atoms with E-state index in [-0.39, 0.29) is 11.8 Å². The lowest BCUT2D eigenvalue weighted by atomic mass is 10.2. The van der Waals surface area contributed by atoms with Crippen molar-refractivity contribution in [3.05, 3.63) is 42.0 Å². The fraction of sp³-hybridized carbons (Fsp3) is 0. The van der Waals surface area contributed by atoms with Crippen LogP contribution in [0, 0.1) is 0 Å². The van der Waals surface area contributed by atoms with Crippen molar-refractivity contribution in [1.82, 2.24) is 5.32 Å². The van der Waals surface area contributed by atoms with Crippen LogP contribution >= 0.6 is 0 Å². The van der Waals surface area contributed by atoms with Gasteiger partial charge in [-0.05, 0) is 12.1 Å². The Hall–Kier alpha value is -2.63. The normalized spacial score (nSPS) is 12.7. The first-order valence-electron chi connectivity index (χ1n) is 4.68. The molecule has 1 heterocycles. The molecule has 0 atom stereocenters. The highest BCUT2D eigenvalue weighted by Gasteiger charge is 2.06. The molecule has 0 saturated carbocycles. The Bertz CT molecular complexity index is 478. The molecule has 0 radical (unpaired) electrons. The number of hydrogen-bond acceptors (Lipinski definition) is 4. The maximum atomic E-state index is 10.6. The van der Waals surface area contributed by atoms with Gasteiger partial charge in [0.2, 0.25) is 0 Å². The molecule has 0 saturated heterocycles. The molecule has 3 amide bonds. The molecule has 0 fully saturated rings. The summed E-state index contributed by atoms with van der Waals surface area (Å²) in [4.78, 5) is 30.6. The first kappa shape index (κ1) is 12.4. The predicted octanol–water partition coefficient (Wildman–Crippen LogP) is -0.433. The Morgan fingerprint density at radius 3 is 1.88 bits per heavy atom. The van der Waals surface area contributed by atoms with Crippen molar-refractivity contribution in [2.45, 2.75) is 0 Å². The van der Waals surface area contributed by atoms with E-state index in [0.717, 1.165) is 0 Å². The van der Waals surface area contributed by atoms with Gasteiger partial charge in [0.15, 0.2) is 0 Å². The summed E-state index contributed by atoms with van der Waals surface area (Å²) in [6.45, 7) is 0. The third-order valence-corrected chi connectivity index (χ3v) is 1.86. The van der Waals surface area contributed by atoms with E-state index in [4.69, 9.17) is 11.5 Å². The fourth-order valence-electron chi connectivity index (χ4n) is 1.08. The fourth-order valence-corrected chi connectivity index (χ4v) is 1.08. The molecule has 1 aliphatic heterocycles. The lowest BCUT2D eigenvalue weighted by Gasteiger charge is -1.97. The number of rotatable bonds is 1. The van der Waals surface area contributed by atoms with E-state index in [1.165, 1.54) is 12.2 Å². The zero-order valence-corrected chi connectivity index (χ0v) is 8.84. The van der Waals surface area contributed by atoms with Crippen LogP contribution in [0.4, 0.5) is 5.69 Å². The smallest absolute Gasteiger partial charge is 0.250 e. The number of benzene rings is 1. The lowest BCUT2D eigenvalue weighted by molar-refractivity contribution is -0.123. The number of para-hydroxylation sites is 1. The van der Waals surface area contributed by atoms with E-state index in [0.29, 0.717) is 11.3 Å². The Kier molecular flexibility index (Phi) is 3.99. The van der Waals surface area contributed by atoms with Crippen LogP contribution in [0.3, 0.4) is 0 Å². The third-order valence-electron chi connectivity index (χ3n) is 1.86. The van der Waals surface area contributed by atoms with Gasteiger partial charge in [-0.1, -0.05) is 12.1 Å². The van der Waals surface area contributed by atoms with Crippen molar-refractivity contribution in [2.75, 3.05) is 5.73 Å². The second kappa shape index (κ2) is 5.45. The van der Waals surface area contributed by atoms with Gasteiger partial charge in [0.1, 0.15) is 0 Å². The molecule has 0 unspecified atom stereocenters. The number of carbonyl (C=O) groups is 3. The summed E-state index contributed by atoms with van der Waals surface area (Å²) in [7, 11) is 0. The van der Waals surface area contributed by atoms with Crippen LogP contribution in [0.15, 0.2) is 36.4 Å². The largest absolute Gasteiger partial charge is 0.398 e. The molecule has 1 aliphatic rings. The van der Waals surface area contributed by atoms with Gasteiger partial charge in [-0.25, -0.2) is 0 Å². The summed E-state index contributed by atoms with van der Waals surface area (Å²) >= 11 is 0. The number of carbonyl (C=O) groups excluding carboxylic acids is 3. The van der Waals surface area contributed by atoms with E-state index in [9.17, 15) is 14.4 Å². The Morgan fingerprint density at radius 2 is 1.59 bits per heavy atom. The first-order valence-corrected chi connectivity index (χ1v) is 4.68. The Balaban J connectivity index is 0.000000181. The van der Waals surface area contributed by atoms with Gasteiger partial charge >= 0.3 is 0 Å². The second-order valence-electron chi connectivity index (χ2n) is 3.14. The summed E-state index contributed by atoms with van der Waals surface area (Å²) in [6.07, 6.45) is 2.39. The molecule has 88 valence electrons. The highest BCUT2D eigenvalue weighted by atomic mass is 16.2. The number of hydrogen-bond donors (Lipinski definition) is 3. The summed E-state index contributed by atoms with van der Waals surface area (Å²) in [5.41, 5.74) is 11.2. The highest BCUT2D eigenvalue weighted by molar-refractivity contribution is 6.12. The van der Waals surface area contributed by atoms with Crippen molar-refractivity contribution >= 4 is 23.4 Å². The molecule has 0 aromatic heterocycles. The minimum atomic E-state index is -0.488. The van der Waals surface area contributed by atoms with Gasteiger partial charge in [0.05, 0.1) is 5.56 Å². The van der Waals surface area contributed by atoms with E-state index >= 15 is 0 Å². The molecule has 6 nitrogen and oxygen atoms in total. The molecular weight excluding hydrogens is 222 g/mol. The number of nitrogens with two attached hydrogens (primary N) is 2. The van der Waals surface area contributed by atoms with E-state index in [1.54, 1.807) is 24.3 Å². The highest BCUT2D eigenvalue weighted by Crippen LogP contribution is 2.08. The summed E-state index contributed by atoms with van der Waals surface area (Å²) in [5, 5.41) is 2.03. The predicted molar refractivity (Wildman–Crippen MR) is 61.7 cm³/mol. The lowest BCUT2D eigenvalue weighted by Crippen LogP contribution is -2.19. The average molecular weight is 233 g/mol. The van der Waals surface area contributed by atoms with Crippen LogP contribution in [0.5, 0.6) is 0 Å². The molecule has 0 spiro atoms. The van der Waals surface area contributed by atoms with Crippen LogP contribution in [0.1, 0.15) is 10.4 Å². The van der Waals surface area contributed by atoms with Gasteiger partial charge in [-0.2, -0.15) is 0 Å². The SMILES string of the molecule is NC(=O)c1ccccc1N.O=C1C=CC(=O)N1.